The van der Waals surface area contributed by atoms with Gasteiger partial charge >= 0.3 is 0 Å². The van der Waals surface area contributed by atoms with E-state index in [2.05, 4.69) is 78.3 Å². The molecule has 0 spiro atoms. The standard InChI is InChI=1S/C16H17Br/c1-3-13-10-7-11-15(16(13)12(2)17)14-8-5-4-6-9-14/h4-12H,3H2,1-2H3. The maximum Gasteiger partial charge on any atom is 0.0376 e. The Bertz CT molecular complexity index is 486. The van der Waals surface area contributed by atoms with Crippen LogP contribution in [-0.4, -0.2) is 0 Å². The minimum absolute atomic E-state index is 0.383. The van der Waals surface area contributed by atoms with E-state index in [9.17, 15) is 0 Å². The number of hydrogen-bond acceptors (Lipinski definition) is 0. The summed E-state index contributed by atoms with van der Waals surface area (Å²) >= 11 is 3.72. The fourth-order valence-electron chi connectivity index (χ4n) is 2.26. The normalized spacial score (nSPS) is 12.4. The molecule has 1 heteroatoms. The first-order valence-corrected chi connectivity index (χ1v) is 6.97. The molecule has 0 nitrogen and oxygen atoms in total. The van der Waals surface area contributed by atoms with Gasteiger partial charge in [0.1, 0.15) is 0 Å². The van der Waals surface area contributed by atoms with Crippen LogP contribution < -0.4 is 0 Å². The minimum atomic E-state index is 0.383. The quantitative estimate of drug-likeness (QED) is 0.666. The second-order valence-corrected chi connectivity index (χ2v) is 5.59. The van der Waals surface area contributed by atoms with Gasteiger partial charge < -0.3 is 0 Å². The van der Waals surface area contributed by atoms with E-state index in [0.717, 1.165) is 6.42 Å². The summed E-state index contributed by atoms with van der Waals surface area (Å²) in [6.45, 7) is 4.41. The van der Waals surface area contributed by atoms with Crippen LogP contribution in [0.4, 0.5) is 0 Å². The topological polar surface area (TPSA) is 0 Å². The van der Waals surface area contributed by atoms with Crippen molar-refractivity contribution in [1.82, 2.24) is 0 Å². The molecule has 1 unspecified atom stereocenters. The van der Waals surface area contributed by atoms with Gasteiger partial charge in [-0.1, -0.05) is 71.4 Å². The van der Waals surface area contributed by atoms with Crippen molar-refractivity contribution >= 4 is 15.9 Å². The first kappa shape index (κ1) is 12.4. The van der Waals surface area contributed by atoms with Gasteiger partial charge in [0, 0.05) is 4.83 Å². The molecule has 0 aliphatic rings. The second kappa shape index (κ2) is 5.50. The third-order valence-corrected chi connectivity index (χ3v) is 3.52. The van der Waals surface area contributed by atoms with Gasteiger partial charge in [-0.15, -0.1) is 0 Å². The number of alkyl halides is 1. The van der Waals surface area contributed by atoms with Crippen molar-refractivity contribution < 1.29 is 0 Å². The van der Waals surface area contributed by atoms with Crippen molar-refractivity contribution in [3.05, 3.63) is 59.7 Å². The van der Waals surface area contributed by atoms with Gasteiger partial charge in [-0.2, -0.15) is 0 Å². The number of halogens is 1. The molecule has 0 saturated carbocycles. The molecule has 0 fully saturated rings. The monoisotopic (exact) mass is 288 g/mol. The molecule has 0 aliphatic carbocycles. The summed E-state index contributed by atoms with van der Waals surface area (Å²) in [5.74, 6) is 0. The van der Waals surface area contributed by atoms with E-state index in [1.165, 1.54) is 22.3 Å². The van der Waals surface area contributed by atoms with Crippen LogP contribution in [0.1, 0.15) is 29.8 Å². The lowest BCUT2D eigenvalue weighted by molar-refractivity contribution is 1.03. The molecule has 0 N–H and O–H groups in total. The Morgan fingerprint density at radius 2 is 1.71 bits per heavy atom. The van der Waals surface area contributed by atoms with Gasteiger partial charge in [-0.05, 0) is 35.6 Å². The molecule has 0 bridgehead atoms. The first-order valence-electron chi connectivity index (χ1n) is 6.05. The third kappa shape index (κ3) is 2.61. The molecule has 0 radical (unpaired) electrons. The largest absolute Gasteiger partial charge is 0.0841 e. The molecule has 1 atom stereocenters. The molecule has 0 amide bonds. The Hall–Kier alpha value is -1.08. The van der Waals surface area contributed by atoms with Crippen molar-refractivity contribution in [2.75, 3.05) is 0 Å². The smallest absolute Gasteiger partial charge is 0.0376 e. The summed E-state index contributed by atoms with van der Waals surface area (Å²) in [5.41, 5.74) is 5.48. The molecular weight excluding hydrogens is 272 g/mol. The predicted octanol–water partition coefficient (Wildman–Crippen LogP) is 5.37. The highest BCUT2D eigenvalue weighted by atomic mass is 79.9. The van der Waals surface area contributed by atoms with Gasteiger partial charge in [0.2, 0.25) is 0 Å². The molecule has 2 rings (SSSR count). The van der Waals surface area contributed by atoms with Gasteiger partial charge in [0.05, 0.1) is 0 Å². The fourth-order valence-corrected chi connectivity index (χ4v) is 2.80. The first-order chi connectivity index (χ1) is 8.24. The van der Waals surface area contributed by atoms with Crippen LogP contribution in [0.2, 0.25) is 0 Å². The van der Waals surface area contributed by atoms with Crippen molar-refractivity contribution in [3.63, 3.8) is 0 Å². The van der Waals surface area contributed by atoms with Crippen LogP contribution in [0.15, 0.2) is 48.5 Å². The van der Waals surface area contributed by atoms with Gasteiger partial charge in [0.25, 0.3) is 0 Å². The fraction of sp³-hybridized carbons (Fsp3) is 0.250. The van der Waals surface area contributed by atoms with Crippen LogP contribution in [0.5, 0.6) is 0 Å². The minimum Gasteiger partial charge on any atom is -0.0841 e. The Labute approximate surface area is 112 Å². The van der Waals surface area contributed by atoms with E-state index in [1.54, 1.807) is 0 Å². The Morgan fingerprint density at radius 3 is 2.29 bits per heavy atom. The lowest BCUT2D eigenvalue weighted by Crippen LogP contribution is -1.96. The number of aryl methyl sites for hydroxylation is 1. The molecule has 0 saturated heterocycles. The van der Waals surface area contributed by atoms with E-state index >= 15 is 0 Å². The van der Waals surface area contributed by atoms with Gasteiger partial charge in [0.15, 0.2) is 0 Å². The molecule has 2 aromatic carbocycles. The van der Waals surface area contributed by atoms with Gasteiger partial charge in [-0.3, -0.25) is 0 Å². The Morgan fingerprint density at radius 1 is 1.00 bits per heavy atom. The number of benzene rings is 2. The summed E-state index contributed by atoms with van der Waals surface area (Å²) < 4.78 is 0. The van der Waals surface area contributed by atoms with Crippen molar-refractivity contribution in [3.8, 4) is 11.1 Å². The zero-order chi connectivity index (χ0) is 12.3. The number of hydrogen-bond donors (Lipinski definition) is 0. The SMILES string of the molecule is CCc1cccc(-c2ccccc2)c1C(C)Br. The molecule has 0 aromatic heterocycles. The average Bonchev–Trinajstić information content (AvgIpc) is 2.38. The summed E-state index contributed by atoms with van der Waals surface area (Å²) in [5, 5.41) is 0. The molecular formula is C16H17Br. The summed E-state index contributed by atoms with van der Waals surface area (Å²) in [6.07, 6.45) is 1.08. The highest BCUT2D eigenvalue weighted by molar-refractivity contribution is 9.09. The maximum absolute atomic E-state index is 3.72. The summed E-state index contributed by atoms with van der Waals surface area (Å²) in [4.78, 5) is 0.383. The van der Waals surface area contributed by atoms with Crippen molar-refractivity contribution in [2.24, 2.45) is 0 Å². The lowest BCUT2D eigenvalue weighted by Gasteiger charge is -2.16. The molecule has 0 heterocycles. The summed E-state index contributed by atoms with van der Waals surface area (Å²) in [7, 11) is 0. The van der Waals surface area contributed by atoms with E-state index in [1.807, 2.05) is 0 Å². The zero-order valence-corrected chi connectivity index (χ0v) is 11.9. The molecule has 17 heavy (non-hydrogen) atoms. The third-order valence-electron chi connectivity index (χ3n) is 3.06. The lowest BCUT2D eigenvalue weighted by atomic mass is 9.93. The zero-order valence-electron chi connectivity index (χ0n) is 10.3. The Balaban J connectivity index is 2.62. The van der Waals surface area contributed by atoms with E-state index in [0.29, 0.717) is 4.83 Å². The number of rotatable bonds is 3. The van der Waals surface area contributed by atoms with E-state index in [-0.39, 0.29) is 0 Å². The highest BCUT2D eigenvalue weighted by Crippen LogP contribution is 2.35. The summed E-state index contributed by atoms with van der Waals surface area (Å²) in [6, 6.07) is 17.2. The van der Waals surface area contributed by atoms with E-state index in [4.69, 9.17) is 0 Å². The van der Waals surface area contributed by atoms with Crippen molar-refractivity contribution in [2.45, 2.75) is 25.1 Å². The van der Waals surface area contributed by atoms with Crippen LogP contribution in [0.25, 0.3) is 11.1 Å². The average molecular weight is 289 g/mol. The maximum atomic E-state index is 3.72. The van der Waals surface area contributed by atoms with Gasteiger partial charge in [-0.25, -0.2) is 0 Å². The molecule has 2 aromatic rings. The van der Waals surface area contributed by atoms with Crippen molar-refractivity contribution in [1.29, 1.82) is 0 Å². The molecule has 0 aliphatic heterocycles. The predicted molar refractivity (Wildman–Crippen MR) is 78.6 cm³/mol. The van der Waals surface area contributed by atoms with Crippen LogP contribution >= 0.6 is 15.9 Å². The molecule has 88 valence electrons. The van der Waals surface area contributed by atoms with E-state index < -0.39 is 0 Å². The van der Waals surface area contributed by atoms with Crippen LogP contribution in [0.3, 0.4) is 0 Å². The second-order valence-electron chi connectivity index (χ2n) is 4.21. The van der Waals surface area contributed by atoms with Crippen LogP contribution in [-0.2, 0) is 6.42 Å². The Kier molecular flexibility index (Phi) is 4.01. The van der Waals surface area contributed by atoms with Crippen LogP contribution in [0, 0.1) is 0 Å². The highest BCUT2D eigenvalue weighted by Gasteiger charge is 2.12.